The van der Waals surface area contributed by atoms with E-state index in [2.05, 4.69) is 4.98 Å². The molecule has 0 aliphatic rings. The minimum atomic E-state index is -1.07. The number of aliphatic carboxylic acids is 1. The van der Waals surface area contributed by atoms with Gasteiger partial charge in [0.1, 0.15) is 18.2 Å². The number of ether oxygens (including phenoxy) is 1. The minimum absolute atomic E-state index is 0.0418. The number of aromatic nitrogens is 2. The first-order valence-corrected chi connectivity index (χ1v) is 7.29. The second-order valence-electron chi connectivity index (χ2n) is 6.41. The van der Waals surface area contributed by atoms with Crippen LogP contribution < -0.4 is 5.73 Å². The number of hydrogen-bond donors (Lipinski definition) is 2. The van der Waals surface area contributed by atoms with Gasteiger partial charge in [0.15, 0.2) is 0 Å². The second-order valence-corrected chi connectivity index (χ2v) is 6.41. The monoisotopic (exact) mass is 319 g/mol. The largest absolute Gasteiger partial charge is 0.480 e. The normalized spacial score (nSPS) is 13.0. The van der Waals surface area contributed by atoms with E-state index in [4.69, 9.17) is 15.6 Å². The lowest BCUT2D eigenvalue weighted by atomic mass is 10.1. The molecule has 7 heteroatoms. The van der Waals surface area contributed by atoms with Crippen LogP contribution in [-0.2, 0) is 27.3 Å². The molecule has 0 bridgehead atoms. The molecule has 0 saturated carbocycles. The van der Waals surface area contributed by atoms with Gasteiger partial charge in [-0.25, -0.2) is 0 Å². The second kappa shape index (κ2) is 6.37. The standard InChI is InChI=1S/C16H21N3O4/c1-16(2,3)23-14(20)9-19-8-10(6-12(17)15(21)22)11-7-18-5-4-13(11)19/h4-5,7-8,12H,6,9,17H2,1-3H3,(H,21,22). The number of rotatable bonds is 5. The zero-order chi connectivity index (χ0) is 17.2. The van der Waals surface area contributed by atoms with Gasteiger partial charge in [0.05, 0.1) is 5.52 Å². The van der Waals surface area contributed by atoms with Crippen LogP contribution in [0.3, 0.4) is 0 Å². The van der Waals surface area contributed by atoms with E-state index in [0.29, 0.717) is 0 Å². The van der Waals surface area contributed by atoms with Crippen LogP contribution in [0.2, 0.25) is 0 Å². The van der Waals surface area contributed by atoms with Gasteiger partial charge >= 0.3 is 11.9 Å². The summed E-state index contributed by atoms with van der Waals surface area (Å²) in [6.07, 6.45) is 5.16. The number of nitrogens with zero attached hydrogens (tertiary/aromatic N) is 2. The van der Waals surface area contributed by atoms with Gasteiger partial charge in [-0.2, -0.15) is 0 Å². The van der Waals surface area contributed by atoms with E-state index < -0.39 is 17.6 Å². The first kappa shape index (κ1) is 17.0. The minimum Gasteiger partial charge on any atom is -0.480 e. The van der Waals surface area contributed by atoms with Crippen molar-refractivity contribution in [2.24, 2.45) is 5.73 Å². The van der Waals surface area contributed by atoms with Gasteiger partial charge < -0.3 is 20.1 Å². The zero-order valence-electron chi connectivity index (χ0n) is 13.4. The molecule has 0 saturated heterocycles. The Morgan fingerprint density at radius 1 is 1.43 bits per heavy atom. The Morgan fingerprint density at radius 2 is 2.13 bits per heavy atom. The van der Waals surface area contributed by atoms with Gasteiger partial charge in [-0.15, -0.1) is 0 Å². The van der Waals surface area contributed by atoms with Crippen LogP contribution in [0.5, 0.6) is 0 Å². The maximum atomic E-state index is 12.0. The van der Waals surface area contributed by atoms with Crippen molar-refractivity contribution < 1.29 is 19.4 Å². The number of esters is 1. The van der Waals surface area contributed by atoms with Crippen LogP contribution in [0, 0.1) is 0 Å². The molecule has 0 amide bonds. The summed E-state index contributed by atoms with van der Waals surface area (Å²) in [6.45, 7) is 5.46. The van der Waals surface area contributed by atoms with Gasteiger partial charge in [-0.1, -0.05) is 0 Å². The smallest absolute Gasteiger partial charge is 0.326 e. The summed E-state index contributed by atoms with van der Waals surface area (Å²) in [5.41, 5.74) is 6.59. The molecule has 2 aromatic heterocycles. The number of carboxylic acids is 1. The summed E-state index contributed by atoms with van der Waals surface area (Å²) >= 11 is 0. The van der Waals surface area contributed by atoms with Crippen molar-refractivity contribution in [2.75, 3.05) is 0 Å². The van der Waals surface area contributed by atoms with Crippen molar-refractivity contribution in [2.45, 2.75) is 45.4 Å². The Kier molecular flexibility index (Phi) is 4.70. The number of pyridine rings is 1. The van der Waals surface area contributed by atoms with E-state index in [1.165, 1.54) is 0 Å². The molecule has 3 N–H and O–H groups in total. The molecule has 0 spiro atoms. The molecule has 23 heavy (non-hydrogen) atoms. The van der Waals surface area contributed by atoms with E-state index in [-0.39, 0.29) is 18.9 Å². The molecule has 0 fully saturated rings. The molecular formula is C16H21N3O4. The fraction of sp³-hybridized carbons (Fsp3) is 0.438. The molecule has 7 nitrogen and oxygen atoms in total. The summed E-state index contributed by atoms with van der Waals surface area (Å²) in [7, 11) is 0. The van der Waals surface area contributed by atoms with Crippen molar-refractivity contribution in [3.8, 4) is 0 Å². The van der Waals surface area contributed by atoms with E-state index >= 15 is 0 Å². The zero-order valence-corrected chi connectivity index (χ0v) is 13.4. The third kappa shape index (κ3) is 4.29. The van der Waals surface area contributed by atoms with Crippen molar-refractivity contribution in [1.29, 1.82) is 0 Å². The van der Waals surface area contributed by atoms with Crippen LogP contribution in [0.15, 0.2) is 24.7 Å². The summed E-state index contributed by atoms with van der Waals surface area (Å²) in [5.74, 6) is -1.43. The van der Waals surface area contributed by atoms with Crippen molar-refractivity contribution in [1.82, 2.24) is 9.55 Å². The van der Waals surface area contributed by atoms with E-state index in [9.17, 15) is 9.59 Å². The number of carboxylic acid groups (broad SMARTS) is 1. The molecule has 2 aromatic rings. The molecule has 2 heterocycles. The maximum absolute atomic E-state index is 12.0. The highest BCUT2D eigenvalue weighted by molar-refractivity contribution is 5.85. The predicted molar refractivity (Wildman–Crippen MR) is 84.9 cm³/mol. The maximum Gasteiger partial charge on any atom is 0.326 e. The molecule has 1 atom stereocenters. The lowest BCUT2D eigenvalue weighted by Gasteiger charge is -2.19. The third-order valence-electron chi connectivity index (χ3n) is 3.24. The highest BCUT2D eigenvalue weighted by Crippen LogP contribution is 2.22. The first-order valence-electron chi connectivity index (χ1n) is 7.29. The summed E-state index contributed by atoms with van der Waals surface area (Å²) in [6, 6.07) is 0.769. The SMILES string of the molecule is CC(C)(C)OC(=O)Cn1cc(CC(N)C(=O)O)c2cnccc21. The molecule has 0 aliphatic heterocycles. The van der Waals surface area contributed by atoms with Crippen molar-refractivity contribution >= 4 is 22.8 Å². The lowest BCUT2D eigenvalue weighted by Crippen LogP contribution is -2.32. The summed E-state index contributed by atoms with van der Waals surface area (Å²) in [5, 5.41) is 9.76. The van der Waals surface area contributed by atoms with Crippen LogP contribution in [0.25, 0.3) is 10.9 Å². The average Bonchev–Trinajstić information content (AvgIpc) is 2.75. The summed E-state index contributed by atoms with van der Waals surface area (Å²) < 4.78 is 7.06. The van der Waals surface area contributed by atoms with Gasteiger partial charge in [0, 0.05) is 30.4 Å². The topological polar surface area (TPSA) is 107 Å². The summed E-state index contributed by atoms with van der Waals surface area (Å²) in [4.78, 5) is 27.1. The van der Waals surface area contributed by atoms with Crippen LogP contribution in [0.1, 0.15) is 26.3 Å². The first-order chi connectivity index (χ1) is 10.7. The third-order valence-corrected chi connectivity index (χ3v) is 3.24. The number of hydrogen-bond acceptors (Lipinski definition) is 5. The quantitative estimate of drug-likeness (QED) is 0.805. The molecule has 1 unspecified atom stereocenters. The highest BCUT2D eigenvalue weighted by Gasteiger charge is 2.20. The van der Waals surface area contributed by atoms with E-state index in [1.807, 2.05) is 0 Å². The van der Waals surface area contributed by atoms with Crippen molar-refractivity contribution in [3.05, 3.63) is 30.2 Å². The predicted octanol–water partition coefficient (Wildman–Crippen LogP) is 1.33. The Bertz CT molecular complexity index is 730. The Labute approximate surface area is 134 Å². The van der Waals surface area contributed by atoms with Crippen molar-refractivity contribution in [3.63, 3.8) is 0 Å². The van der Waals surface area contributed by atoms with Crippen LogP contribution in [0.4, 0.5) is 0 Å². The lowest BCUT2D eigenvalue weighted by molar-refractivity contribution is -0.155. The number of carbonyl (C=O) groups excluding carboxylic acids is 1. The highest BCUT2D eigenvalue weighted by atomic mass is 16.6. The number of fused-ring (bicyclic) bond motifs is 1. The fourth-order valence-corrected chi connectivity index (χ4v) is 2.34. The van der Waals surface area contributed by atoms with Gasteiger partial charge in [-0.05, 0) is 32.4 Å². The number of nitrogens with two attached hydrogens (primary N) is 1. The molecule has 0 radical (unpaired) electrons. The van der Waals surface area contributed by atoms with Gasteiger partial charge in [0.25, 0.3) is 0 Å². The van der Waals surface area contributed by atoms with Gasteiger partial charge in [-0.3, -0.25) is 14.6 Å². The Balaban J connectivity index is 2.30. The molecule has 2 rings (SSSR count). The van der Waals surface area contributed by atoms with Crippen LogP contribution >= 0.6 is 0 Å². The van der Waals surface area contributed by atoms with Gasteiger partial charge in [0.2, 0.25) is 0 Å². The molecule has 0 aromatic carbocycles. The number of carbonyl (C=O) groups is 2. The average molecular weight is 319 g/mol. The molecule has 0 aliphatic carbocycles. The molecular weight excluding hydrogens is 298 g/mol. The Morgan fingerprint density at radius 3 is 2.74 bits per heavy atom. The fourth-order valence-electron chi connectivity index (χ4n) is 2.34. The van der Waals surface area contributed by atoms with E-state index in [0.717, 1.165) is 16.5 Å². The molecule has 124 valence electrons. The Hall–Kier alpha value is -2.41. The van der Waals surface area contributed by atoms with Crippen LogP contribution in [-0.4, -0.2) is 38.2 Å². The van der Waals surface area contributed by atoms with E-state index in [1.54, 1.807) is 50.0 Å².